The molecule has 0 atom stereocenters. The van der Waals surface area contributed by atoms with Crippen molar-refractivity contribution in [3.63, 3.8) is 0 Å². The van der Waals surface area contributed by atoms with Gasteiger partial charge >= 0.3 is 12.1 Å². The number of esters is 1. The molecular weight excluding hydrogens is 233 g/mol. The van der Waals surface area contributed by atoms with Crippen LogP contribution in [0.3, 0.4) is 0 Å². The van der Waals surface area contributed by atoms with Crippen molar-refractivity contribution in [1.82, 2.24) is 0 Å². The number of carbonyl (C=O) groups is 1. The lowest BCUT2D eigenvalue weighted by Gasteiger charge is -2.31. The van der Waals surface area contributed by atoms with E-state index < -0.39 is 17.5 Å². The molecule has 5 heteroatoms. The Morgan fingerprint density at radius 3 is 1.88 bits per heavy atom. The van der Waals surface area contributed by atoms with Crippen LogP contribution in [0.4, 0.5) is 13.2 Å². The molecule has 0 unspecified atom stereocenters. The van der Waals surface area contributed by atoms with E-state index in [1.165, 1.54) is 0 Å². The molecule has 100 valence electrons. The van der Waals surface area contributed by atoms with Gasteiger partial charge in [0.05, 0.1) is 11.3 Å². The van der Waals surface area contributed by atoms with Crippen molar-refractivity contribution in [1.29, 1.82) is 0 Å². The van der Waals surface area contributed by atoms with Crippen LogP contribution in [0.5, 0.6) is 0 Å². The van der Waals surface area contributed by atoms with Gasteiger partial charge in [0, 0.05) is 0 Å². The molecule has 1 saturated carbocycles. The van der Waals surface area contributed by atoms with Crippen molar-refractivity contribution in [3.05, 3.63) is 0 Å². The molecule has 0 aromatic rings. The molecule has 0 heterocycles. The Labute approximate surface area is 99.5 Å². The zero-order valence-corrected chi connectivity index (χ0v) is 10.4. The van der Waals surface area contributed by atoms with Crippen molar-refractivity contribution in [2.24, 2.45) is 11.3 Å². The second kappa shape index (κ2) is 4.86. The fourth-order valence-electron chi connectivity index (χ4n) is 1.84. The highest BCUT2D eigenvalue weighted by atomic mass is 19.4. The summed E-state index contributed by atoms with van der Waals surface area (Å²) in [5.74, 6) is -1.57. The van der Waals surface area contributed by atoms with Crippen LogP contribution >= 0.6 is 0 Å². The Bertz CT molecular complexity index is 270. The Morgan fingerprint density at radius 2 is 1.53 bits per heavy atom. The smallest absolute Gasteiger partial charge is 0.391 e. The zero-order chi connectivity index (χ0) is 13.3. The van der Waals surface area contributed by atoms with Gasteiger partial charge in [0.15, 0.2) is 0 Å². The van der Waals surface area contributed by atoms with Crippen molar-refractivity contribution in [3.8, 4) is 0 Å². The van der Waals surface area contributed by atoms with E-state index >= 15 is 0 Å². The summed E-state index contributed by atoms with van der Waals surface area (Å²) in [6, 6.07) is 0. The zero-order valence-electron chi connectivity index (χ0n) is 10.4. The van der Waals surface area contributed by atoms with Crippen molar-refractivity contribution >= 4 is 5.97 Å². The van der Waals surface area contributed by atoms with E-state index in [1.54, 1.807) is 20.8 Å². The maximum Gasteiger partial charge on any atom is 0.391 e. The minimum Gasteiger partial charge on any atom is -0.462 e. The first kappa shape index (κ1) is 14.3. The Balaban J connectivity index is 2.41. The number of rotatable bonds is 1. The molecule has 0 spiro atoms. The maximum atomic E-state index is 12.4. The normalized spacial score (nSPS) is 26.7. The summed E-state index contributed by atoms with van der Waals surface area (Å²) in [5.41, 5.74) is -0.596. The van der Waals surface area contributed by atoms with Crippen LogP contribution in [0, 0.1) is 11.3 Å². The molecule has 0 amide bonds. The predicted octanol–water partition coefficient (Wildman–Crippen LogP) is 3.70. The third kappa shape index (κ3) is 4.21. The van der Waals surface area contributed by atoms with E-state index in [2.05, 4.69) is 0 Å². The number of hydrogen-bond acceptors (Lipinski definition) is 2. The third-order valence-electron chi connectivity index (χ3n) is 3.02. The number of halogens is 3. The monoisotopic (exact) mass is 252 g/mol. The molecule has 0 radical (unpaired) electrons. The highest BCUT2D eigenvalue weighted by molar-refractivity contribution is 5.75. The molecule has 0 aliphatic heterocycles. The van der Waals surface area contributed by atoms with Crippen LogP contribution < -0.4 is 0 Å². The van der Waals surface area contributed by atoms with Gasteiger partial charge in [-0.05, 0) is 46.5 Å². The minimum atomic E-state index is -4.11. The van der Waals surface area contributed by atoms with Gasteiger partial charge in [0.1, 0.15) is 6.10 Å². The molecule has 1 aliphatic rings. The summed E-state index contributed by atoms with van der Waals surface area (Å²) < 4.78 is 42.4. The van der Waals surface area contributed by atoms with Crippen LogP contribution in [0.2, 0.25) is 0 Å². The highest BCUT2D eigenvalue weighted by Gasteiger charge is 2.42. The summed E-state index contributed by atoms with van der Waals surface area (Å²) in [6.07, 6.45) is -3.71. The predicted molar refractivity (Wildman–Crippen MR) is 57.3 cm³/mol. The molecule has 17 heavy (non-hydrogen) atoms. The number of hydrogen-bond donors (Lipinski definition) is 0. The quantitative estimate of drug-likeness (QED) is 0.665. The Kier molecular flexibility index (Phi) is 4.10. The molecule has 2 nitrogen and oxygen atoms in total. The average molecular weight is 252 g/mol. The van der Waals surface area contributed by atoms with E-state index in [4.69, 9.17) is 4.74 Å². The van der Waals surface area contributed by atoms with E-state index in [1.807, 2.05) is 0 Å². The minimum absolute atomic E-state index is 0.0611. The second-order valence-electron chi connectivity index (χ2n) is 5.67. The SMILES string of the molecule is CC(C)(C)C(=O)OC1CCC(C(F)(F)F)CC1. The lowest BCUT2D eigenvalue weighted by molar-refractivity contribution is -0.190. The van der Waals surface area contributed by atoms with Gasteiger partial charge in [-0.2, -0.15) is 13.2 Å². The van der Waals surface area contributed by atoms with Gasteiger partial charge in [0.25, 0.3) is 0 Å². The van der Waals surface area contributed by atoms with Crippen LogP contribution in [-0.2, 0) is 9.53 Å². The van der Waals surface area contributed by atoms with Crippen LogP contribution in [0.1, 0.15) is 46.5 Å². The fraction of sp³-hybridized carbons (Fsp3) is 0.917. The first-order valence-electron chi connectivity index (χ1n) is 5.88. The fourth-order valence-corrected chi connectivity index (χ4v) is 1.84. The first-order chi connectivity index (χ1) is 7.60. The molecule has 0 saturated heterocycles. The molecule has 1 aliphatic carbocycles. The number of carbonyl (C=O) groups excluding carboxylic acids is 1. The van der Waals surface area contributed by atoms with Gasteiger partial charge in [0.2, 0.25) is 0 Å². The molecule has 0 bridgehead atoms. The summed E-state index contributed by atoms with van der Waals surface area (Å²) >= 11 is 0. The van der Waals surface area contributed by atoms with E-state index in [-0.39, 0.29) is 24.9 Å². The summed E-state index contributed by atoms with van der Waals surface area (Å²) in [6.45, 7) is 5.20. The lowest BCUT2D eigenvalue weighted by Crippen LogP contribution is -2.34. The van der Waals surface area contributed by atoms with Crippen LogP contribution in [0.15, 0.2) is 0 Å². The lowest BCUT2D eigenvalue weighted by atomic mass is 9.86. The van der Waals surface area contributed by atoms with Gasteiger partial charge in [-0.1, -0.05) is 0 Å². The van der Waals surface area contributed by atoms with Crippen LogP contribution in [-0.4, -0.2) is 18.2 Å². The molecule has 0 aromatic carbocycles. The summed E-state index contributed by atoms with van der Waals surface area (Å²) in [4.78, 5) is 11.6. The molecule has 0 aromatic heterocycles. The van der Waals surface area contributed by atoms with Crippen molar-refractivity contribution in [2.45, 2.75) is 58.7 Å². The molecule has 1 fully saturated rings. The number of alkyl halides is 3. The van der Waals surface area contributed by atoms with Crippen LogP contribution in [0.25, 0.3) is 0 Å². The topological polar surface area (TPSA) is 26.3 Å². The first-order valence-corrected chi connectivity index (χ1v) is 5.88. The highest BCUT2D eigenvalue weighted by Crippen LogP contribution is 2.38. The molecular formula is C12H19F3O2. The maximum absolute atomic E-state index is 12.4. The Morgan fingerprint density at radius 1 is 1.06 bits per heavy atom. The average Bonchev–Trinajstić information content (AvgIpc) is 2.15. The summed E-state index contributed by atoms with van der Waals surface area (Å²) in [5, 5.41) is 0. The van der Waals surface area contributed by atoms with Crippen molar-refractivity contribution < 1.29 is 22.7 Å². The third-order valence-corrected chi connectivity index (χ3v) is 3.02. The van der Waals surface area contributed by atoms with E-state index in [0.717, 1.165) is 0 Å². The van der Waals surface area contributed by atoms with Gasteiger partial charge in [-0.15, -0.1) is 0 Å². The van der Waals surface area contributed by atoms with E-state index in [9.17, 15) is 18.0 Å². The number of ether oxygens (including phenoxy) is 1. The second-order valence-corrected chi connectivity index (χ2v) is 5.67. The van der Waals surface area contributed by atoms with Crippen molar-refractivity contribution in [2.75, 3.05) is 0 Å². The molecule has 0 N–H and O–H groups in total. The molecule has 1 rings (SSSR count). The van der Waals surface area contributed by atoms with Gasteiger partial charge < -0.3 is 4.74 Å². The Hall–Kier alpha value is -0.740. The standard InChI is InChI=1S/C12H19F3O2/c1-11(2,3)10(16)17-9-6-4-8(5-7-9)12(13,14)15/h8-9H,4-7H2,1-3H3. The largest absolute Gasteiger partial charge is 0.462 e. The van der Waals surface area contributed by atoms with E-state index in [0.29, 0.717) is 12.8 Å². The van der Waals surface area contributed by atoms with Gasteiger partial charge in [-0.25, -0.2) is 0 Å². The summed E-state index contributed by atoms with van der Waals surface area (Å²) in [7, 11) is 0. The van der Waals surface area contributed by atoms with Gasteiger partial charge in [-0.3, -0.25) is 4.79 Å².